The number of benzene rings is 1. The molecule has 1 aliphatic heterocycles. The SMILES string of the molecule is Cc1ccc(C(=O)NCCNC2CSC(C)C2)cc1. The van der Waals surface area contributed by atoms with Crippen molar-refractivity contribution in [1.29, 1.82) is 0 Å². The molecule has 0 radical (unpaired) electrons. The summed E-state index contributed by atoms with van der Waals surface area (Å²) in [5.41, 5.74) is 1.90. The zero-order valence-electron chi connectivity index (χ0n) is 11.6. The van der Waals surface area contributed by atoms with Crippen molar-refractivity contribution in [3.8, 4) is 0 Å². The molecule has 0 spiro atoms. The number of carbonyl (C=O) groups excluding carboxylic acids is 1. The quantitative estimate of drug-likeness (QED) is 0.811. The third-order valence-corrected chi connectivity index (χ3v) is 4.71. The van der Waals surface area contributed by atoms with E-state index in [2.05, 4.69) is 17.6 Å². The van der Waals surface area contributed by atoms with Crippen LogP contribution in [0, 0.1) is 6.92 Å². The molecule has 0 bridgehead atoms. The molecule has 1 amide bonds. The van der Waals surface area contributed by atoms with Gasteiger partial charge in [0.15, 0.2) is 0 Å². The lowest BCUT2D eigenvalue weighted by atomic mass is 10.1. The molecule has 1 heterocycles. The maximum absolute atomic E-state index is 11.9. The van der Waals surface area contributed by atoms with E-state index in [0.29, 0.717) is 12.6 Å². The lowest BCUT2D eigenvalue weighted by molar-refractivity contribution is 0.0953. The number of hydrogen-bond donors (Lipinski definition) is 2. The van der Waals surface area contributed by atoms with E-state index in [1.807, 2.05) is 43.0 Å². The number of rotatable bonds is 5. The summed E-state index contributed by atoms with van der Waals surface area (Å²) in [6, 6.07) is 8.27. The van der Waals surface area contributed by atoms with E-state index in [-0.39, 0.29) is 5.91 Å². The van der Waals surface area contributed by atoms with Gasteiger partial charge in [0.25, 0.3) is 5.91 Å². The van der Waals surface area contributed by atoms with E-state index in [4.69, 9.17) is 0 Å². The van der Waals surface area contributed by atoms with Crippen LogP contribution in [0.3, 0.4) is 0 Å². The van der Waals surface area contributed by atoms with Crippen molar-refractivity contribution in [3.05, 3.63) is 35.4 Å². The molecule has 2 unspecified atom stereocenters. The molecule has 0 saturated carbocycles. The predicted molar refractivity (Wildman–Crippen MR) is 81.8 cm³/mol. The molecule has 1 aromatic carbocycles. The van der Waals surface area contributed by atoms with Gasteiger partial charge < -0.3 is 10.6 Å². The lowest BCUT2D eigenvalue weighted by Gasteiger charge is -2.12. The Morgan fingerprint density at radius 2 is 2.05 bits per heavy atom. The molecule has 2 rings (SSSR count). The third-order valence-electron chi connectivity index (χ3n) is 3.36. The number of amides is 1. The maximum atomic E-state index is 11.9. The molecule has 0 aromatic heterocycles. The highest BCUT2D eigenvalue weighted by molar-refractivity contribution is 8.00. The van der Waals surface area contributed by atoms with Gasteiger partial charge in [-0.25, -0.2) is 0 Å². The smallest absolute Gasteiger partial charge is 0.251 e. The Kier molecular flexibility index (Phi) is 5.28. The molecular formula is C15H22N2OS. The van der Waals surface area contributed by atoms with Crippen LogP contribution < -0.4 is 10.6 Å². The van der Waals surface area contributed by atoms with Crippen LogP contribution in [0.1, 0.15) is 29.3 Å². The summed E-state index contributed by atoms with van der Waals surface area (Å²) in [5, 5.41) is 7.20. The van der Waals surface area contributed by atoms with Crippen molar-refractivity contribution in [1.82, 2.24) is 10.6 Å². The van der Waals surface area contributed by atoms with E-state index >= 15 is 0 Å². The van der Waals surface area contributed by atoms with Crippen LogP contribution in [0.5, 0.6) is 0 Å². The molecular weight excluding hydrogens is 256 g/mol. The Labute approximate surface area is 119 Å². The summed E-state index contributed by atoms with van der Waals surface area (Å²) in [6.45, 7) is 5.82. The number of thioether (sulfide) groups is 1. The van der Waals surface area contributed by atoms with Gasteiger partial charge in [-0.2, -0.15) is 11.8 Å². The first-order valence-electron chi connectivity index (χ1n) is 6.85. The minimum atomic E-state index is 0.0102. The van der Waals surface area contributed by atoms with E-state index in [1.54, 1.807) is 0 Å². The van der Waals surface area contributed by atoms with Crippen molar-refractivity contribution in [2.75, 3.05) is 18.8 Å². The molecule has 1 aromatic rings. The molecule has 2 atom stereocenters. The molecule has 1 fully saturated rings. The van der Waals surface area contributed by atoms with Crippen LogP contribution in [-0.4, -0.2) is 36.0 Å². The number of hydrogen-bond acceptors (Lipinski definition) is 3. The van der Waals surface area contributed by atoms with Gasteiger partial charge in [-0.15, -0.1) is 0 Å². The highest BCUT2D eigenvalue weighted by atomic mass is 32.2. The average molecular weight is 278 g/mol. The van der Waals surface area contributed by atoms with Crippen molar-refractivity contribution in [2.24, 2.45) is 0 Å². The Bertz CT molecular complexity index is 419. The monoisotopic (exact) mass is 278 g/mol. The molecule has 1 saturated heterocycles. The van der Waals surface area contributed by atoms with Gasteiger partial charge in [-0.3, -0.25) is 4.79 Å². The molecule has 3 nitrogen and oxygen atoms in total. The van der Waals surface area contributed by atoms with Crippen LogP contribution in [0.25, 0.3) is 0 Å². The fraction of sp³-hybridized carbons (Fsp3) is 0.533. The van der Waals surface area contributed by atoms with E-state index < -0.39 is 0 Å². The van der Waals surface area contributed by atoms with Gasteiger partial charge >= 0.3 is 0 Å². The van der Waals surface area contributed by atoms with Gasteiger partial charge in [-0.1, -0.05) is 24.6 Å². The van der Waals surface area contributed by atoms with Crippen molar-refractivity contribution in [2.45, 2.75) is 31.6 Å². The molecule has 104 valence electrons. The zero-order valence-corrected chi connectivity index (χ0v) is 12.4. The summed E-state index contributed by atoms with van der Waals surface area (Å²) in [6.07, 6.45) is 1.23. The van der Waals surface area contributed by atoms with E-state index in [9.17, 15) is 4.79 Å². The minimum Gasteiger partial charge on any atom is -0.351 e. The Balaban J connectivity index is 1.65. The van der Waals surface area contributed by atoms with Crippen molar-refractivity contribution >= 4 is 17.7 Å². The Morgan fingerprint density at radius 3 is 2.68 bits per heavy atom. The summed E-state index contributed by atoms with van der Waals surface area (Å²) in [4.78, 5) is 11.9. The van der Waals surface area contributed by atoms with Gasteiger partial charge in [0, 0.05) is 35.7 Å². The van der Waals surface area contributed by atoms with Crippen LogP contribution in [0.2, 0.25) is 0 Å². The summed E-state index contributed by atoms with van der Waals surface area (Å²) < 4.78 is 0. The predicted octanol–water partition coefficient (Wildman–Crippen LogP) is 2.21. The second kappa shape index (κ2) is 6.96. The normalized spacial score (nSPS) is 22.4. The van der Waals surface area contributed by atoms with Crippen LogP contribution >= 0.6 is 11.8 Å². The topological polar surface area (TPSA) is 41.1 Å². The first-order chi connectivity index (χ1) is 9.15. The third kappa shape index (κ3) is 4.55. The van der Waals surface area contributed by atoms with E-state index in [0.717, 1.165) is 17.4 Å². The average Bonchev–Trinajstić information content (AvgIpc) is 2.81. The second-order valence-electron chi connectivity index (χ2n) is 5.15. The first-order valence-corrected chi connectivity index (χ1v) is 7.90. The molecule has 2 N–H and O–H groups in total. The lowest BCUT2D eigenvalue weighted by Crippen LogP contribution is -2.37. The highest BCUT2D eigenvalue weighted by Crippen LogP contribution is 2.25. The Hall–Kier alpha value is -1.00. The largest absolute Gasteiger partial charge is 0.351 e. The minimum absolute atomic E-state index is 0.0102. The van der Waals surface area contributed by atoms with Gasteiger partial charge in [0.05, 0.1) is 0 Å². The summed E-state index contributed by atoms with van der Waals surface area (Å²) in [7, 11) is 0. The fourth-order valence-electron chi connectivity index (χ4n) is 2.22. The first kappa shape index (κ1) is 14.4. The van der Waals surface area contributed by atoms with Crippen LogP contribution in [0.15, 0.2) is 24.3 Å². The molecule has 0 aliphatic carbocycles. The number of carbonyl (C=O) groups is 1. The zero-order chi connectivity index (χ0) is 13.7. The summed E-state index contributed by atoms with van der Waals surface area (Å²) >= 11 is 2.02. The number of aryl methyl sites for hydroxylation is 1. The molecule has 4 heteroatoms. The van der Waals surface area contributed by atoms with Gasteiger partial charge in [0.1, 0.15) is 0 Å². The van der Waals surface area contributed by atoms with Gasteiger partial charge in [0.2, 0.25) is 0 Å². The van der Waals surface area contributed by atoms with Crippen molar-refractivity contribution < 1.29 is 4.79 Å². The van der Waals surface area contributed by atoms with Crippen LogP contribution in [-0.2, 0) is 0 Å². The molecule has 1 aliphatic rings. The standard InChI is InChI=1S/C15H22N2OS/c1-11-3-5-13(6-4-11)15(18)17-8-7-16-14-9-12(2)19-10-14/h3-6,12,14,16H,7-10H2,1-2H3,(H,17,18). The second-order valence-corrected chi connectivity index (χ2v) is 6.62. The highest BCUT2D eigenvalue weighted by Gasteiger charge is 2.20. The van der Waals surface area contributed by atoms with Crippen LogP contribution in [0.4, 0.5) is 0 Å². The van der Waals surface area contributed by atoms with E-state index in [1.165, 1.54) is 17.7 Å². The number of nitrogens with one attached hydrogen (secondary N) is 2. The fourth-order valence-corrected chi connectivity index (χ4v) is 3.40. The maximum Gasteiger partial charge on any atom is 0.251 e. The molecule has 19 heavy (non-hydrogen) atoms. The Morgan fingerprint density at radius 1 is 1.32 bits per heavy atom. The summed E-state index contributed by atoms with van der Waals surface area (Å²) in [5.74, 6) is 1.20. The van der Waals surface area contributed by atoms with Gasteiger partial charge in [-0.05, 0) is 25.5 Å². The van der Waals surface area contributed by atoms with Crippen molar-refractivity contribution in [3.63, 3.8) is 0 Å².